The van der Waals surface area contributed by atoms with Gasteiger partial charge < -0.3 is 18.9 Å². The van der Waals surface area contributed by atoms with Crippen molar-refractivity contribution in [3.63, 3.8) is 0 Å². The molecule has 0 saturated carbocycles. The van der Waals surface area contributed by atoms with Gasteiger partial charge in [-0.3, -0.25) is 4.57 Å². The SMILES string of the molecule is CCOP(=O)(OCC)C(C=Nc1ncccn1)c1cc(C)c(O)c(OC)c1. The third kappa shape index (κ3) is 5.13. The lowest BCUT2D eigenvalue weighted by Crippen LogP contribution is -2.09. The first kappa shape index (κ1) is 21.0. The van der Waals surface area contributed by atoms with E-state index in [1.807, 2.05) is 0 Å². The van der Waals surface area contributed by atoms with Crippen molar-refractivity contribution >= 4 is 19.8 Å². The van der Waals surface area contributed by atoms with Crippen molar-refractivity contribution < 1.29 is 23.5 Å². The predicted octanol–water partition coefficient (Wildman–Crippen LogP) is 4.21. The highest BCUT2D eigenvalue weighted by atomic mass is 31.2. The second-order valence-electron chi connectivity index (χ2n) is 5.54. The van der Waals surface area contributed by atoms with Crippen LogP contribution in [0.3, 0.4) is 0 Å². The lowest BCUT2D eigenvalue weighted by molar-refractivity contribution is 0.217. The Kier molecular flexibility index (Phi) is 7.47. The molecule has 1 unspecified atom stereocenters. The normalized spacial score (nSPS) is 13.0. The largest absolute Gasteiger partial charge is 0.504 e. The molecule has 0 aliphatic heterocycles. The minimum absolute atomic E-state index is 0.0194. The fourth-order valence-corrected chi connectivity index (χ4v) is 4.36. The van der Waals surface area contributed by atoms with Gasteiger partial charge in [0, 0.05) is 18.6 Å². The Morgan fingerprint density at radius 3 is 2.41 bits per heavy atom. The number of hydrogen-bond acceptors (Lipinski definition) is 8. The second kappa shape index (κ2) is 9.60. The van der Waals surface area contributed by atoms with E-state index in [0.717, 1.165) is 0 Å². The van der Waals surface area contributed by atoms with E-state index in [0.29, 0.717) is 11.1 Å². The van der Waals surface area contributed by atoms with Gasteiger partial charge in [0.15, 0.2) is 11.5 Å². The smallest absolute Gasteiger partial charge is 0.343 e. The van der Waals surface area contributed by atoms with Crippen molar-refractivity contribution in [2.75, 3.05) is 20.3 Å². The lowest BCUT2D eigenvalue weighted by Gasteiger charge is -2.24. The first-order chi connectivity index (χ1) is 12.9. The van der Waals surface area contributed by atoms with Gasteiger partial charge in [0.2, 0.25) is 5.95 Å². The molecule has 0 saturated heterocycles. The highest BCUT2D eigenvalue weighted by Crippen LogP contribution is 2.60. The number of hydrogen-bond donors (Lipinski definition) is 1. The predicted molar refractivity (Wildman–Crippen MR) is 103 cm³/mol. The molecular formula is C18H24N3O5P. The number of rotatable bonds is 9. The molecule has 1 heterocycles. The highest BCUT2D eigenvalue weighted by Gasteiger charge is 2.36. The van der Waals surface area contributed by atoms with E-state index in [9.17, 15) is 9.67 Å². The number of nitrogens with zero attached hydrogens (tertiary/aromatic N) is 3. The zero-order valence-electron chi connectivity index (χ0n) is 15.8. The number of phenols is 1. The van der Waals surface area contributed by atoms with Gasteiger partial charge in [-0.1, -0.05) is 6.07 Å². The van der Waals surface area contributed by atoms with E-state index >= 15 is 0 Å². The maximum Gasteiger partial charge on any atom is 0.343 e. The first-order valence-electron chi connectivity index (χ1n) is 8.52. The van der Waals surface area contributed by atoms with Crippen LogP contribution in [0.1, 0.15) is 30.6 Å². The van der Waals surface area contributed by atoms with E-state index in [4.69, 9.17) is 13.8 Å². The highest BCUT2D eigenvalue weighted by molar-refractivity contribution is 7.55. The molecule has 0 aliphatic carbocycles. The van der Waals surface area contributed by atoms with Gasteiger partial charge in [0.1, 0.15) is 5.66 Å². The maximum absolute atomic E-state index is 13.5. The van der Waals surface area contributed by atoms with Crippen LogP contribution in [0.4, 0.5) is 5.95 Å². The van der Waals surface area contributed by atoms with E-state index in [-0.39, 0.29) is 30.7 Å². The Bertz CT molecular complexity index is 819. The van der Waals surface area contributed by atoms with Crippen LogP contribution < -0.4 is 4.74 Å². The number of ether oxygens (including phenoxy) is 1. The Labute approximate surface area is 158 Å². The van der Waals surface area contributed by atoms with E-state index in [2.05, 4.69) is 15.0 Å². The summed E-state index contributed by atoms with van der Waals surface area (Å²) in [4.78, 5) is 12.3. The van der Waals surface area contributed by atoms with Crippen molar-refractivity contribution in [2.24, 2.45) is 4.99 Å². The molecule has 0 bridgehead atoms. The third-order valence-corrected chi connectivity index (χ3v) is 6.04. The van der Waals surface area contributed by atoms with Gasteiger partial charge in [-0.05, 0) is 44.0 Å². The van der Waals surface area contributed by atoms with Crippen molar-refractivity contribution in [1.29, 1.82) is 0 Å². The second-order valence-corrected chi connectivity index (χ2v) is 7.69. The van der Waals surface area contributed by atoms with E-state index in [1.165, 1.54) is 13.3 Å². The van der Waals surface area contributed by atoms with E-state index in [1.54, 1.807) is 51.4 Å². The number of methoxy groups -OCH3 is 1. The zero-order valence-corrected chi connectivity index (χ0v) is 16.7. The standard InChI is InChI=1S/C18H24N3O5P/c1-5-25-27(23,26-6-2)16(12-21-18-19-8-7-9-20-18)14-10-13(3)17(22)15(11-14)24-4/h7-12,16,22H,5-6H2,1-4H3. The Balaban J connectivity index is 2.57. The summed E-state index contributed by atoms with van der Waals surface area (Å²) >= 11 is 0. The summed E-state index contributed by atoms with van der Waals surface area (Å²) in [6.45, 7) is 5.61. The molecule has 0 amide bonds. The zero-order chi connectivity index (χ0) is 19.9. The summed E-state index contributed by atoms with van der Waals surface area (Å²) in [5.74, 6) is 0.509. The van der Waals surface area contributed by atoms with Gasteiger partial charge in [-0.25, -0.2) is 15.0 Å². The van der Waals surface area contributed by atoms with Crippen LogP contribution in [0, 0.1) is 6.92 Å². The van der Waals surface area contributed by atoms with Gasteiger partial charge in [-0.2, -0.15) is 0 Å². The molecule has 9 heteroatoms. The summed E-state index contributed by atoms with van der Waals surface area (Å²) < 4.78 is 29.7. The molecule has 0 fully saturated rings. The fraction of sp³-hybridized carbons (Fsp3) is 0.389. The topological polar surface area (TPSA) is 103 Å². The number of aromatic nitrogens is 2. The third-order valence-electron chi connectivity index (χ3n) is 3.69. The van der Waals surface area contributed by atoms with Crippen LogP contribution in [0.25, 0.3) is 0 Å². The van der Waals surface area contributed by atoms with Crippen molar-refractivity contribution in [3.8, 4) is 11.5 Å². The van der Waals surface area contributed by atoms with Crippen LogP contribution in [0.2, 0.25) is 0 Å². The van der Waals surface area contributed by atoms with Gasteiger partial charge in [-0.15, -0.1) is 0 Å². The number of phenolic OH excluding ortho intramolecular Hbond substituents is 1. The number of benzene rings is 1. The molecular weight excluding hydrogens is 369 g/mol. The average Bonchev–Trinajstić information content (AvgIpc) is 2.65. The maximum atomic E-state index is 13.5. The lowest BCUT2D eigenvalue weighted by atomic mass is 10.1. The summed E-state index contributed by atoms with van der Waals surface area (Å²) in [5, 5.41) is 10.1. The molecule has 0 aliphatic rings. The van der Waals surface area contributed by atoms with Crippen LogP contribution in [0.5, 0.6) is 11.5 Å². The minimum atomic E-state index is -3.60. The molecule has 2 rings (SSSR count). The van der Waals surface area contributed by atoms with Gasteiger partial charge in [0.05, 0.1) is 20.3 Å². The molecule has 2 aromatic rings. The van der Waals surface area contributed by atoms with Crippen LogP contribution in [-0.2, 0) is 13.6 Å². The molecule has 1 N–H and O–H groups in total. The molecule has 1 aromatic heterocycles. The number of aromatic hydroxyl groups is 1. The number of aliphatic imine (C=N–C) groups is 1. The number of aryl methyl sites for hydroxylation is 1. The summed E-state index contributed by atoms with van der Waals surface area (Å²) in [6.07, 6.45) is 4.58. The molecule has 27 heavy (non-hydrogen) atoms. The quantitative estimate of drug-likeness (QED) is 0.503. The van der Waals surface area contributed by atoms with Crippen LogP contribution in [0.15, 0.2) is 35.6 Å². The van der Waals surface area contributed by atoms with Crippen LogP contribution >= 0.6 is 7.60 Å². The Morgan fingerprint density at radius 1 is 1.22 bits per heavy atom. The van der Waals surface area contributed by atoms with Crippen LogP contribution in [-0.4, -0.2) is 41.6 Å². The van der Waals surface area contributed by atoms with Crippen molar-refractivity contribution in [1.82, 2.24) is 9.97 Å². The van der Waals surface area contributed by atoms with Crippen molar-refractivity contribution in [2.45, 2.75) is 26.4 Å². The fourth-order valence-electron chi connectivity index (χ4n) is 2.50. The minimum Gasteiger partial charge on any atom is -0.504 e. The molecule has 146 valence electrons. The summed E-state index contributed by atoms with van der Waals surface area (Å²) in [5.41, 5.74) is 0.319. The molecule has 1 atom stereocenters. The molecule has 1 aromatic carbocycles. The summed E-state index contributed by atoms with van der Waals surface area (Å²) in [7, 11) is -2.15. The van der Waals surface area contributed by atoms with Gasteiger partial charge in [0.25, 0.3) is 0 Å². The Hall–Kier alpha value is -2.28. The first-order valence-corrected chi connectivity index (χ1v) is 10.1. The molecule has 8 nitrogen and oxygen atoms in total. The molecule has 0 spiro atoms. The monoisotopic (exact) mass is 393 g/mol. The molecule has 0 radical (unpaired) electrons. The summed E-state index contributed by atoms with van der Waals surface area (Å²) in [6, 6.07) is 4.97. The van der Waals surface area contributed by atoms with Crippen molar-refractivity contribution in [3.05, 3.63) is 41.7 Å². The van der Waals surface area contributed by atoms with E-state index < -0.39 is 13.3 Å². The average molecular weight is 393 g/mol. The van der Waals surface area contributed by atoms with Gasteiger partial charge >= 0.3 is 7.60 Å². The Morgan fingerprint density at radius 2 is 1.85 bits per heavy atom.